The van der Waals surface area contributed by atoms with E-state index in [-0.39, 0.29) is 5.56 Å². The van der Waals surface area contributed by atoms with E-state index in [1.54, 1.807) is 0 Å². The van der Waals surface area contributed by atoms with Crippen LogP contribution in [-0.4, -0.2) is 14.2 Å². The molecule has 0 saturated carbocycles. The van der Waals surface area contributed by atoms with E-state index in [1.165, 1.54) is 30.3 Å². The maximum Gasteiger partial charge on any atom is 0.313 e. The molecule has 1 atom stereocenters. The molecule has 0 saturated heterocycles. The Morgan fingerprint density at radius 1 is 1.19 bits per heavy atom. The number of ketones is 1. The zero-order valence-electron chi connectivity index (χ0n) is 15.9. The van der Waals surface area contributed by atoms with Crippen LogP contribution in [0, 0.1) is 11.6 Å². The molecule has 2 aromatic rings. The lowest BCUT2D eigenvalue weighted by Gasteiger charge is -2.10. The van der Waals surface area contributed by atoms with E-state index in [0.29, 0.717) is 18.2 Å². The number of hydrogen-bond donors (Lipinski definition) is 1. The van der Waals surface area contributed by atoms with Gasteiger partial charge in [-0.3, -0.25) is 4.79 Å². The van der Waals surface area contributed by atoms with Gasteiger partial charge in [-0.05, 0) is 17.7 Å². The fourth-order valence-electron chi connectivity index (χ4n) is 2.15. The van der Waals surface area contributed by atoms with Crippen molar-refractivity contribution >= 4 is 15.9 Å². The first-order valence-electron chi connectivity index (χ1n) is 8.58. The van der Waals surface area contributed by atoms with Crippen molar-refractivity contribution in [2.45, 2.75) is 11.8 Å². The zero-order valence-corrected chi connectivity index (χ0v) is 13.7. The molecular formula is C17H13F2NO5S. The summed E-state index contributed by atoms with van der Waals surface area (Å²) >= 11 is 0. The third kappa shape index (κ3) is 3.83. The SMILES string of the molecule is [2H]C([2H])(c1ccccc1)S(=O)(=O)OC1=C(N)O[C@@]([2H])(c2cc(F)cc(F)c2)C1=O. The zero-order chi connectivity index (χ0) is 21.6. The first-order chi connectivity index (χ1) is 13.4. The maximum absolute atomic E-state index is 13.5. The van der Waals surface area contributed by atoms with Gasteiger partial charge in [-0.25, -0.2) is 8.78 Å². The van der Waals surface area contributed by atoms with Gasteiger partial charge in [0.15, 0.2) is 6.08 Å². The Labute approximate surface area is 152 Å². The predicted molar refractivity (Wildman–Crippen MR) is 86.6 cm³/mol. The van der Waals surface area contributed by atoms with Crippen LogP contribution < -0.4 is 5.73 Å². The second-order valence-corrected chi connectivity index (χ2v) is 6.40. The molecule has 0 radical (unpaired) electrons. The van der Waals surface area contributed by atoms with Crippen molar-refractivity contribution in [3.63, 3.8) is 0 Å². The van der Waals surface area contributed by atoms with Crippen molar-refractivity contribution in [2.75, 3.05) is 0 Å². The summed E-state index contributed by atoms with van der Waals surface area (Å²) in [6.45, 7) is 0. The van der Waals surface area contributed by atoms with Crippen molar-refractivity contribution < 1.29 is 35.0 Å². The van der Waals surface area contributed by atoms with Gasteiger partial charge in [0.2, 0.25) is 17.4 Å². The largest absolute Gasteiger partial charge is 0.460 e. The molecule has 0 bridgehead atoms. The highest BCUT2D eigenvalue weighted by molar-refractivity contribution is 7.86. The van der Waals surface area contributed by atoms with Gasteiger partial charge in [0.05, 0.1) is 4.11 Å². The summed E-state index contributed by atoms with van der Waals surface area (Å²) in [6.07, 6.45) is -2.81. The van der Waals surface area contributed by atoms with E-state index >= 15 is 0 Å². The van der Waals surface area contributed by atoms with Crippen LogP contribution in [0.2, 0.25) is 0 Å². The van der Waals surface area contributed by atoms with Crippen molar-refractivity contribution in [3.8, 4) is 0 Å². The smallest absolute Gasteiger partial charge is 0.313 e. The summed E-state index contributed by atoms with van der Waals surface area (Å²) < 4.78 is 85.2. The average Bonchev–Trinajstić information content (AvgIpc) is 2.85. The van der Waals surface area contributed by atoms with Crippen molar-refractivity contribution in [2.24, 2.45) is 5.73 Å². The molecule has 1 heterocycles. The Hall–Kier alpha value is -2.94. The minimum atomic E-state index is -5.15. The van der Waals surface area contributed by atoms with E-state index in [1.807, 2.05) is 0 Å². The van der Waals surface area contributed by atoms with Crippen molar-refractivity contribution in [3.05, 3.63) is 82.9 Å². The van der Waals surface area contributed by atoms with E-state index in [9.17, 15) is 22.0 Å². The second-order valence-electron chi connectivity index (χ2n) is 5.12. The van der Waals surface area contributed by atoms with Crippen LogP contribution in [0.15, 0.2) is 60.2 Å². The molecule has 0 unspecified atom stereocenters. The lowest BCUT2D eigenvalue weighted by Crippen LogP contribution is -2.16. The van der Waals surface area contributed by atoms with Crippen LogP contribution in [0.4, 0.5) is 8.78 Å². The molecule has 136 valence electrons. The predicted octanol–water partition coefficient (Wildman–Crippen LogP) is 2.28. The Bertz CT molecular complexity index is 1100. The Kier molecular flexibility index (Phi) is 3.70. The molecule has 2 N–H and O–H groups in total. The van der Waals surface area contributed by atoms with E-state index < -0.39 is 56.5 Å². The normalized spacial score (nSPS) is 22.4. The van der Waals surface area contributed by atoms with Gasteiger partial charge in [0, 0.05) is 11.6 Å². The molecule has 26 heavy (non-hydrogen) atoms. The van der Waals surface area contributed by atoms with Crippen LogP contribution in [0.1, 0.15) is 21.3 Å². The number of carbonyl (C=O) groups excluding carboxylic acids is 1. The summed E-state index contributed by atoms with van der Waals surface area (Å²) in [7, 11) is -5.15. The fourth-order valence-corrected chi connectivity index (χ4v) is 3.00. The van der Waals surface area contributed by atoms with Crippen molar-refractivity contribution in [1.29, 1.82) is 0 Å². The number of halogens is 2. The minimum absolute atomic E-state index is 0.283. The quantitative estimate of drug-likeness (QED) is 0.795. The van der Waals surface area contributed by atoms with Gasteiger partial charge in [-0.2, -0.15) is 8.42 Å². The summed E-state index contributed by atoms with van der Waals surface area (Å²) in [5.41, 5.74) is 1.51. The van der Waals surface area contributed by atoms with Crippen molar-refractivity contribution in [1.82, 2.24) is 0 Å². The van der Waals surface area contributed by atoms with Crippen LogP contribution >= 0.6 is 0 Å². The van der Waals surface area contributed by atoms with Crippen LogP contribution in [0.25, 0.3) is 0 Å². The first kappa shape index (κ1) is 14.3. The number of hydrogen-bond acceptors (Lipinski definition) is 6. The molecule has 6 nitrogen and oxygen atoms in total. The van der Waals surface area contributed by atoms with Crippen LogP contribution in [0.3, 0.4) is 0 Å². The molecule has 0 fully saturated rings. The summed E-state index contributed by atoms with van der Waals surface area (Å²) in [5.74, 6) is -5.79. The van der Waals surface area contributed by atoms with E-state index in [0.717, 1.165) is 0 Å². The second kappa shape index (κ2) is 6.75. The number of benzene rings is 2. The molecule has 0 aliphatic carbocycles. The maximum atomic E-state index is 13.5. The number of carbonyl (C=O) groups is 1. The molecule has 9 heteroatoms. The highest BCUT2D eigenvalue weighted by Gasteiger charge is 2.39. The number of rotatable bonds is 5. The molecule has 2 aromatic carbocycles. The third-order valence-corrected chi connectivity index (χ3v) is 4.05. The van der Waals surface area contributed by atoms with Gasteiger partial charge in [0.25, 0.3) is 0 Å². The minimum Gasteiger partial charge on any atom is -0.460 e. The molecule has 0 amide bonds. The number of nitrogens with two attached hydrogens (primary N) is 1. The summed E-state index contributed by atoms with van der Waals surface area (Å²) in [5, 5.41) is 0. The highest BCUT2D eigenvalue weighted by atomic mass is 32.2. The first-order valence-corrected chi connectivity index (χ1v) is 8.49. The molecule has 0 spiro atoms. The van der Waals surface area contributed by atoms with Gasteiger partial charge >= 0.3 is 10.1 Å². The summed E-state index contributed by atoms with van der Waals surface area (Å²) in [6, 6.07) is 8.49. The number of ether oxygens (including phenoxy) is 1. The van der Waals surface area contributed by atoms with Gasteiger partial charge in [-0.15, -0.1) is 0 Å². The Morgan fingerprint density at radius 2 is 1.81 bits per heavy atom. The molecule has 0 aromatic heterocycles. The molecular weight excluding hydrogens is 368 g/mol. The highest BCUT2D eigenvalue weighted by Crippen LogP contribution is 2.33. The van der Waals surface area contributed by atoms with Gasteiger partial charge < -0.3 is 14.7 Å². The number of Topliss-reactive ketones (excluding diaryl/α,β-unsaturated/α-hetero) is 1. The van der Waals surface area contributed by atoms with Crippen LogP contribution in [0.5, 0.6) is 0 Å². The average molecular weight is 384 g/mol. The Morgan fingerprint density at radius 3 is 2.42 bits per heavy atom. The van der Waals surface area contributed by atoms with Crippen LogP contribution in [-0.2, 0) is 29.5 Å². The van der Waals surface area contributed by atoms with E-state index in [4.69, 9.17) is 14.6 Å². The standard InChI is InChI=1S/C17H13F2NO5S/c18-12-6-11(7-13(19)8-12)15-14(21)16(17(20)24-15)25-26(22,23)9-10-4-2-1-3-5-10/h1-8,15H,9,20H2/t15-/m0/s1/i9D2,15D. The molecule has 1 aliphatic heterocycles. The lowest BCUT2D eigenvalue weighted by molar-refractivity contribution is -0.123. The third-order valence-electron chi connectivity index (χ3n) is 3.18. The molecule has 1 aliphatic rings. The molecule has 3 rings (SSSR count). The van der Waals surface area contributed by atoms with Gasteiger partial charge in [0.1, 0.15) is 17.3 Å². The topological polar surface area (TPSA) is 95.7 Å². The lowest BCUT2D eigenvalue weighted by atomic mass is 10.1. The fraction of sp³-hybridized carbons (Fsp3) is 0.118. The van der Waals surface area contributed by atoms with E-state index in [2.05, 4.69) is 4.18 Å². The Balaban J connectivity index is 1.96. The monoisotopic (exact) mass is 384 g/mol. The summed E-state index contributed by atoms with van der Waals surface area (Å²) in [4.78, 5) is 12.6. The van der Waals surface area contributed by atoms with Gasteiger partial charge in [-0.1, -0.05) is 30.3 Å².